The minimum absolute atomic E-state index is 0.00410. The number of hydrogen-bond acceptors (Lipinski definition) is 5. The predicted molar refractivity (Wildman–Crippen MR) is 126 cm³/mol. The van der Waals surface area contributed by atoms with Crippen LogP contribution in [-0.2, 0) is 4.74 Å². The number of likely N-dealkylation sites (tertiary alicyclic amines) is 1. The molecule has 2 aromatic rings. The molecule has 172 valence electrons. The van der Waals surface area contributed by atoms with Gasteiger partial charge in [0.05, 0.1) is 19.3 Å². The lowest BCUT2D eigenvalue weighted by Gasteiger charge is -2.31. The van der Waals surface area contributed by atoms with Crippen molar-refractivity contribution in [3.05, 3.63) is 30.0 Å². The molecule has 1 aliphatic heterocycles. The Morgan fingerprint density at radius 1 is 1.29 bits per heavy atom. The van der Waals surface area contributed by atoms with Crippen molar-refractivity contribution in [2.24, 2.45) is 10.9 Å². The smallest absolute Gasteiger partial charge is 0.191 e. The van der Waals surface area contributed by atoms with E-state index in [4.69, 9.17) is 18.9 Å². The number of furan rings is 1. The predicted octanol–water partition coefficient (Wildman–Crippen LogP) is 3.81. The molecule has 31 heavy (non-hydrogen) atoms. The summed E-state index contributed by atoms with van der Waals surface area (Å²) in [4.78, 5) is 7.36. The molecule has 0 saturated carbocycles. The van der Waals surface area contributed by atoms with Gasteiger partial charge in [-0.05, 0) is 64.8 Å². The second kappa shape index (κ2) is 12.0. The van der Waals surface area contributed by atoms with Crippen LogP contribution in [0.3, 0.4) is 0 Å². The Morgan fingerprint density at radius 2 is 2.10 bits per heavy atom. The molecular weight excluding hydrogens is 392 g/mol. The van der Waals surface area contributed by atoms with Crippen molar-refractivity contribution in [1.82, 2.24) is 15.5 Å². The van der Waals surface area contributed by atoms with E-state index in [2.05, 4.69) is 41.5 Å². The van der Waals surface area contributed by atoms with Gasteiger partial charge in [-0.25, -0.2) is 0 Å². The highest BCUT2D eigenvalue weighted by Gasteiger charge is 2.19. The van der Waals surface area contributed by atoms with E-state index in [0.29, 0.717) is 12.5 Å². The van der Waals surface area contributed by atoms with Crippen molar-refractivity contribution in [1.29, 1.82) is 0 Å². The molecule has 1 fully saturated rings. The van der Waals surface area contributed by atoms with E-state index in [0.717, 1.165) is 67.8 Å². The zero-order chi connectivity index (χ0) is 22.1. The van der Waals surface area contributed by atoms with Crippen molar-refractivity contribution in [3.63, 3.8) is 0 Å². The monoisotopic (exact) mass is 430 g/mol. The summed E-state index contributed by atoms with van der Waals surface area (Å²) in [7, 11) is 1.76. The normalized spacial score (nSPS) is 17.1. The molecule has 0 bridgehead atoms. The first-order chi connectivity index (χ1) is 15.1. The van der Waals surface area contributed by atoms with Crippen LogP contribution in [0, 0.1) is 5.92 Å². The average molecular weight is 431 g/mol. The number of aliphatic imine (C=N–C) groups is 1. The van der Waals surface area contributed by atoms with Crippen molar-refractivity contribution < 1.29 is 13.9 Å². The fourth-order valence-corrected chi connectivity index (χ4v) is 3.97. The number of nitrogens with zero attached hydrogens (tertiary/aromatic N) is 2. The molecule has 2 heterocycles. The van der Waals surface area contributed by atoms with Gasteiger partial charge < -0.3 is 29.4 Å². The van der Waals surface area contributed by atoms with Crippen molar-refractivity contribution >= 4 is 16.9 Å². The first-order valence-electron chi connectivity index (χ1n) is 11.6. The standard InChI is InChI=1S/C24H38N4O3/c1-5-25-24(26-17-19-10-12-28(13-11-19)14-15-29-4)27-18(3)22-16-20-8-7-9-21(30-6-2)23(20)31-22/h7-9,16,18-19H,5-6,10-15,17H2,1-4H3,(H2,25,26,27). The first-order valence-corrected chi connectivity index (χ1v) is 11.6. The van der Waals surface area contributed by atoms with Gasteiger partial charge in [0.2, 0.25) is 0 Å². The lowest BCUT2D eigenvalue weighted by atomic mass is 9.97. The van der Waals surface area contributed by atoms with Crippen LogP contribution >= 0.6 is 0 Å². The lowest BCUT2D eigenvalue weighted by Crippen LogP contribution is -2.40. The van der Waals surface area contributed by atoms with E-state index >= 15 is 0 Å². The molecule has 3 rings (SSSR count). The third-order valence-corrected chi connectivity index (χ3v) is 5.78. The molecule has 0 spiro atoms. The van der Waals surface area contributed by atoms with Gasteiger partial charge in [0.15, 0.2) is 17.3 Å². The fraction of sp³-hybridized carbons (Fsp3) is 0.625. The number of piperidine rings is 1. The summed E-state index contributed by atoms with van der Waals surface area (Å²) in [6.45, 7) is 12.5. The van der Waals surface area contributed by atoms with Gasteiger partial charge in [0.1, 0.15) is 5.76 Å². The molecular formula is C24H38N4O3. The van der Waals surface area contributed by atoms with Crippen LogP contribution in [0.25, 0.3) is 11.0 Å². The summed E-state index contributed by atoms with van der Waals surface area (Å²) in [6.07, 6.45) is 2.37. The highest BCUT2D eigenvalue weighted by Crippen LogP contribution is 2.31. The van der Waals surface area contributed by atoms with Gasteiger partial charge in [-0.3, -0.25) is 4.99 Å². The Kier molecular flexibility index (Phi) is 9.03. The number of methoxy groups -OCH3 is 1. The maximum atomic E-state index is 6.14. The van der Waals surface area contributed by atoms with Crippen LogP contribution in [0.15, 0.2) is 33.7 Å². The Bertz CT molecular complexity index is 827. The van der Waals surface area contributed by atoms with Crippen LogP contribution in [-0.4, -0.2) is 63.9 Å². The van der Waals surface area contributed by atoms with Crippen LogP contribution in [0.4, 0.5) is 0 Å². The topological polar surface area (TPSA) is 71.3 Å². The van der Waals surface area contributed by atoms with Gasteiger partial charge >= 0.3 is 0 Å². The lowest BCUT2D eigenvalue weighted by molar-refractivity contribution is 0.121. The minimum atomic E-state index is -0.00410. The fourth-order valence-electron chi connectivity index (χ4n) is 3.97. The number of fused-ring (bicyclic) bond motifs is 1. The number of benzene rings is 1. The second-order valence-electron chi connectivity index (χ2n) is 8.12. The summed E-state index contributed by atoms with van der Waals surface area (Å²) in [5.41, 5.74) is 0.801. The van der Waals surface area contributed by atoms with Crippen LogP contribution in [0.2, 0.25) is 0 Å². The number of para-hydroxylation sites is 1. The molecule has 0 aliphatic carbocycles. The SMILES string of the molecule is CCNC(=NCC1CCN(CCOC)CC1)NC(C)c1cc2cccc(OCC)c2o1. The molecule has 0 radical (unpaired) electrons. The van der Waals surface area contributed by atoms with E-state index in [1.54, 1.807) is 7.11 Å². The Hall–Kier alpha value is -2.25. The zero-order valence-corrected chi connectivity index (χ0v) is 19.4. The van der Waals surface area contributed by atoms with Gasteiger partial charge in [0.25, 0.3) is 0 Å². The molecule has 1 aromatic carbocycles. The van der Waals surface area contributed by atoms with Crippen LogP contribution in [0.1, 0.15) is 45.4 Å². The summed E-state index contributed by atoms with van der Waals surface area (Å²) in [6, 6.07) is 8.07. The van der Waals surface area contributed by atoms with Gasteiger partial charge in [-0.15, -0.1) is 0 Å². The average Bonchev–Trinajstić information content (AvgIpc) is 3.23. The van der Waals surface area contributed by atoms with Gasteiger partial charge in [-0.2, -0.15) is 0 Å². The molecule has 1 saturated heterocycles. The largest absolute Gasteiger partial charge is 0.490 e. The number of rotatable bonds is 10. The summed E-state index contributed by atoms with van der Waals surface area (Å²) >= 11 is 0. The van der Waals surface area contributed by atoms with Crippen LogP contribution < -0.4 is 15.4 Å². The highest BCUT2D eigenvalue weighted by atomic mass is 16.5. The summed E-state index contributed by atoms with van der Waals surface area (Å²) in [5.74, 6) is 3.13. The zero-order valence-electron chi connectivity index (χ0n) is 19.4. The minimum Gasteiger partial charge on any atom is -0.490 e. The third-order valence-electron chi connectivity index (χ3n) is 5.78. The summed E-state index contributed by atoms with van der Waals surface area (Å²) < 4.78 is 17.0. The molecule has 2 N–H and O–H groups in total. The molecule has 1 aliphatic rings. The van der Waals surface area contributed by atoms with Crippen LogP contribution in [0.5, 0.6) is 5.75 Å². The quantitative estimate of drug-likeness (QED) is 0.441. The Labute approximate surface area is 186 Å². The Balaban J connectivity index is 1.59. The van der Waals surface area contributed by atoms with E-state index in [1.807, 2.05) is 19.1 Å². The highest BCUT2D eigenvalue weighted by molar-refractivity contribution is 5.84. The Morgan fingerprint density at radius 3 is 2.81 bits per heavy atom. The van der Waals surface area contributed by atoms with E-state index in [-0.39, 0.29) is 6.04 Å². The third kappa shape index (κ3) is 6.61. The van der Waals surface area contributed by atoms with Crippen molar-refractivity contribution in [2.45, 2.75) is 39.7 Å². The first kappa shape index (κ1) is 23.4. The number of nitrogens with one attached hydrogen (secondary N) is 2. The molecule has 1 atom stereocenters. The summed E-state index contributed by atoms with van der Waals surface area (Å²) in [5, 5.41) is 7.92. The number of ether oxygens (including phenoxy) is 2. The number of guanidine groups is 1. The van der Waals surface area contributed by atoms with Crippen molar-refractivity contribution in [2.75, 3.05) is 53.0 Å². The maximum Gasteiger partial charge on any atom is 0.191 e. The molecule has 1 unspecified atom stereocenters. The van der Waals surface area contributed by atoms with E-state index < -0.39 is 0 Å². The molecule has 1 aromatic heterocycles. The van der Waals surface area contributed by atoms with Gasteiger partial charge in [-0.1, -0.05) is 12.1 Å². The molecule has 7 heteroatoms. The molecule has 7 nitrogen and oxygen atoms in total. The second-order valence-corrected chi connectivity index (χ2v) is 8.12. The van der Waals surface area contributed by atoms with E-state index in [9.17, 15) is 0 Å². The molecule has 0 amide bonds. The maximum absolute atomic E-state index is 6.14. The van der Waals surface area contributed by atoms with Gasteiger partial charge in [0, 0.05) is 32.1 Å². The van der Waals surface area contributed by atoms with E-state index in [1.165, 1.54) is 12.8 Å². The van der Waals surface area contributed by atoms with Crippen molar-refractivity contribution in [3.8, 4) is 5.75 Å². The number of hydrogen-bond donors (Lipinski definition) is 2.